The molecule has 0 aromatic heterocycles. The van der Waals surface area contributed by atoms with E-state index < -0.39 is 5.02 Å². The van der Waals surface area contributed by atoms with Crippen molar-refractivity contribution in [3.63, 3.8) is 0 Å². The van der Waals surface area contributed by atoms with E-state index in [1.54, 1.807) is 0 Å². The van der Waals surface area contributed by atoms with Crippen LogP contribution in [0.5, 0.6) is 0 Å². The van der Waals surface area contributed by atoms with Crippen molar-refractivity contribution in [1.29, 1.82) is 5.53 Å². The molecule has 0 amide bonds. The van der Waals surface area contributed by atoms with E-state index in [0.29, 0.717) is 0 Å². The van der Waals surface area contributed by atoms with Crippen LogP contribution in [0.1, 0.15) is 33.1 Å². The smallest absolute Gasteiger partial charge is 0.0172 e. The first kappa shape index (κ1) is 12.7. The van der Waals surface area contributed by atoms with E-state index >= 15 is 0 Å². The Balaban J connectivity index is 0.000000364. The molecular formula is C9H18N3O2-. The summed E-state index contributed by atoms with van der Waals surface area (Å²) in [6.45, 7) is 6.86. The molecule has 1 heterocycles. The molecule has 1 aliphatic heterocycles. The fraction of sp³-hybridized carbons (Fsp3) is 0.778. The number of likely N-dealkylation sites (tertiary alicyclic amines) is 1. The SMILES string of the molecule is CC(C)=CN1CCCCC1.N=[N+]([O-])[O-]. The summed E-state index contributed by atoms with van der Waals surface area (Å²) in [6, 6.07) is 0. The van der Waals surface area contributed by atoms with E-state index in [1.807, 2.05) is 0 Å². The first-order valence-electron chi connectivity index (χ1n) is 4.77. The summed E-state index contributed by atoms with van der Waals surface area (Å²) in [6.07, 6.45) is 6.46. The second-order valence-electron chi connectivity index (χ2n) is 3.56. The minimum Gasteiger partial charge on any atom is -0.588 e. The highest BCUT2D eigenvalue weighted by molar-refractivity contribution is 4.93. The number of piperidine rings is 1. The lowest BCUT2D eigenvalue weighted by Crippen LogP contribution is -2.24. The normalized spacial score (nSPS) is 15.1. The van der Waals surface area contributed by atoms with E-state index in [-0.39, 0.29) is 0 Å². The quantitative estimate of drug-likeness (QED) is 0.521. The van der Waals surface area contributed by atoms with Crippen molar-refractivity contribution >= 4 is 0 Å². The maximum Gasteiger partial charge on any atom is 0.0172 e. The minimum atomic E-state index is -1.25. The maximum atomic E-state index is 8.47. The van der Waals surface area contributed by atoms with Crippen molar-refractivity contribution in [2.24, 2.45) is 0 Å². The zero-order valence-electron chi connectivity index (χ0n) is 8.82. The second-order valence-corrected chi connectivity index (χ2v) is 3.56. The zero-order valence-corrected chi connectivity index (χ0v) is 8.82. The lowest BCUT2D eigenvalue weighted by molar-refractivity contribution is -0.482. The summed E-state index contributed by atoms with van der Waals surface area (Å²) in [5, 5.41) is 15.7. The molecule has 0 atom stereocenters. The van der Waals surface area contributed by atoms with Gasteiger partial charge in [0.05, 0.1) is 0 Å². The standard InChI is InChI=1S/C9H17N.HN2O2/c1-9(2)8-10-6-4-3-5-7-10;1-2(3)4/h8H,3-7H2,1-2H3;(H-,1,3,4)/q;-1. The fourth-order valence-corrected chi connectivity index (χ4v) is 1.41. The van der Waals surface area contributed by atoms with Gasteiger partial charge in [0, 0.05) is 13.1 Å². The number of nitrogens with one attached hydrogen (secondary N) is 1. The third-order valence-electron chi connectivity index (χ3n) is 1.83. The average Bonchev–Trinajstić information content (AvgIpc) is 2.03. The minimum absolute atomic E-state index is 1.25. The van der Waals surface area contributed by atoms with Crippen LogP contribution in [0.4, 0.5) is 0 Å². The Kier molecular flexibility index (Phi) is 6.53. The van der Waals surface area contributed by atoms with Crippen molar-refractivity contribution < 1.29 is 5.02 Å². The van der Waals surface area contributed by atoms with E-state index in [9.17, 15) is 0 Å². The molecule has 0 radical (unpaired) electrons. The van der Waals surface area contributed by atoms with Gasteiger partial charge in [-0.1, -0.05) is 10.6 Å². The number of allylic oxidation sites excluding steroid dienone is 1. The Labute approximate surface area is 84.7 Å². The second kappa shape index (κ2) is 7.17. The molecule has 0 aromatic carbocycles. The van der Waals surface area contributed by atoms with Gasteiger partial charge in [-0.25, -0.2) is 0 Å². The molecule has 1 fully saturated rings. The molecule has 0 saturated carbocycles. The lowest BCUT2D eigenvalue weighted by Gasteiger charge is -2.25. The van der Waals surface area contributed by atoms with Crippen LogP contribution in [0.15, 0.2) is 11.8 Å². The fourth-order valence-electron chi connectivity index (χ4n) is 1.41. The third kappa shape index (κ3) is 8.83. The highest BCUT2D eigenvalue weighted by atomic mass is 16.8. The van der Waals surface area contributed by atoms with Crippen molar-refractivity contribution in [3.8, 4) is 0 Å². The first-order valence-corrected chi connectivity index (χ1v) is 4.77. The molecule has 0 spiro atoms. The highest BCUT2D eigenvalue weighted by Gasteiger charge is 2.04. The van der Waals surface area contributed by atoms with E-state index in [2.05, 4.69) is 24.9 Å². The topological polar surface area (TPSA) is 76.2 Å². The summed E-state index contributed by atoms with van der Waals surface area (Å²) < 4.78 is 0. The number of nitrogens with zero attached hydrogens (tertiary/aromatic N) is 2. The molecule has 1 N–H and O–H groups in total. The summed E-state index contributed by atoms with van der Waals surface area (Å²) in [5.41, 5.74) is 6.72. The van der Waals surface area contributed by atoms with Gasteiger partial charge in [-0.2, -0.15) is 0 Å². The summed E-state index contributed by atoms with van der Waals surface area (Å²) in [7, 11) is 0. The van der Waals surface area contributed by atoms with Crippen LogP contribution in [0.3, 0.4) is 0 Å². The molecule has 5 heteroatoms. The number of hydrogen-bond acceptors (Lipinski definition) is 4. The molecule has 14 heavy (non-hydrogen) atoms. The zero-order chi connectivity index (χ0) is 11.0. The van der Waals surface area contributed by atoms with Gasteiger partial charge in [-0.05, 0) is 44.8 Å². The van der Waals surface area contributed by atoms with Gasteiger partial charge in [-0.3, -0.25) is 0 Å². The Bertz CT molecular complexity index is 190. The Morgan fingerprint density at radius 2 is 1.64 bits per heavy atom. The van der Waals surface area contributed by atoms with Gasteiger partial charge in [0.25, 0.3) is 0 Å². The molecule has 82 valence electrons. The molecule has 0 unspecified atom stereocenters. The van der Waals surface area contributed by atoms with Gasteiger partial charge in [0.15, 0.2) is 0 Å². The Morgan fingerprint density at radius 1 is 1.21 bits per heavy atom. The van der Waals surface area contributed by atoms with E-state index in [1.165, 1.54) is 37.9 Å². The summed E-state index contributed by atoms with van der Waals surface area (Å²) >= 11 is 0. The van der Waals surface area contributed by atoms with Crippen molar-refractivity contribution in [3.05, 3.63) is 22.2 Å². The van der Waals surface area contributed by atoms with E-state index in [0.717, 1.165) is 0 Å². The molecule has 1 saturated heterocycles. The Hall–Kier alpha value is -1.26. The van der Waals surface area contributed by atoms with Crippen LogP contribution in [0, 0.1) is 15.9 Å². The predicted octanol–water partition coefficient (Wildman–Crippen LogP) is 2.42. The monoisotopic (exact) mass is 200 g/mol. The van der Waals surface area contributed by atoms with Crippen LogP contribution >= 0.6 is 0 Å². The van der Waals surface area contributed by atoms with Crippen molar-refractivity contribution in [2.75, 3.05) is 13.1 Å². The van der Waals surface area contributed by atoms with Gasteiger partial charge in [-0.15, -0.1) is 0 Å². The molecule has 0 aliphatic carbocycles. The van der Waals surface area contributed by atoms with Gasteiger partial charge in [0.1, 0.15) is 0 Å². The molecule has 0 bridgehead atoms. The molecule has 1 rings (SSSR count). The van der Waals surface area contributed by atoms with Crippen molar-refractivity contribution in [2.45, 2.75) is 33.1 Å². The average molecular weight is 200 g/mol. The Morgan fingerprint density at radius 3 is 2.00 bits per heavy atom. The van der Waals surface area contributed by atoms with E-state index in [4.69, 9.17) is 15.9 Å². The maximum absolute atomic E-state index is 8.47. The van der Waals surface area contributed by atoms with Gasteiger partial charge < -0.3 is 15.3 Å². The van der Waals surface area contributed by atoms with Crippen LogP contribution < -0.4 is 0 Å². The van der Waals surface area contributed by atoms with Gasteiger partial charge >= 0.3 is 0 Å². The van der Waals surface area contributed by atoms with Crippen LogP contribution in [0.2, 0.25) is 0 Å². The first-order chi connectivity index (χ1) is 6.52. The van der Waals surface area contributed by atoms with Crippen LogP contribution in [-0.4, -0.2) is 23.0 Å². The molecular weight excluding hydrogens is 182 g/mol. The van der Waals surface area contributed by atoms with Crippen molar-refractivity contribution in [1.82, 2.24) is 4.90 Å². The van der Waals surface area contributed by atoms with Crippen LogP contribution in [0.25, 0.3) is 0 Å². The lowest BCUT2D eigenvalue weighted by atomic mass is 10.1. The highest BCUT2D eigenvalue weighted by Crippen LogP contribution is 2.09. The summed E-state index contributed by atoms with van der Waals surface area (Å²) in [4.78, 5) is 2.43. The molecule has 0 aromatic rings. The number of rotatable bonds is 1. The molecule has 1 aliphatic rings. The number of hydrogen-bond donors (Lipinski definition) is 1. The predicted molar refractivity (Wildman–Crippen MR) is 54.6 cm³/mol. The molecule has 5 nitrogen and oxygen atoms in total. The third-order valence-corrected chi connectivity index (χ3v) is 1.83. The van der Waals surface area contributed by atoms with Gasteiger partial charge in [0.2, 0.25) is 0 Å². The summed E-state index contributed by atoms with van der Waals surface area (Å²) in [5.74, 6) is 0. The van der Waals surface area contributed by atoms with Crippen LogP contribution in [-0.2, 0) is 0 Å². The largest absolute Gasteiger partial charge is 0.588 e.